The fourth-order valence-corrected chi connectivity index (χ4v) is 2.61. The minimum Gasteiger partial charge on any atom is -0.373 e. The van der Waals surface area contributed by atoms with Crippen LogP contribution in [-0.4, -0.2) is 47.0 Å². The molecular weight excluding hydrogens is 232 g/mol. The van der Waals surface area contributed by atoms with Crippen LogP contribution >= 0.6 is 0 Å². The number of amides is 2. The summed E-state index contributed by atoms with van der Waals surface area (Å²) in [5, 5.41) is 2.71. The highest BCUT2D eigenvalue weighted by molar-refractivity contribution is 5.99. The van der Waals surface area contributed by atoms with E-state index in [0.717, 1.165) is 12.8 Å². The van der Waals surface area contributed by atoms with Gasteiger partial charge in [0.05, 0.1) is 12.2 Å². The second kappa shape index (κ2) is 4.53. The molecule has 2 amide bonds. The highest BCUT2D eigenvalue weighted by atomic mass is 16.5. The third-order valence-electron chi connectivity index (χ3n) is 3.92. The minimum absolute atomic E-state index is 0.0252. The molecule has 0 saturated carbocycles. The molecule has 3 unspecified atom stereocenters. The van der Waals surface area contributed by atoms with Gasteiger partial charge in [-0.1, -0.05) is 0 Å². The lowest BCUT2D eigenvalue weighted by molar-refractivity contribution is -0.157. The summed E-state index contributed by atoms with van der Waals surface area (Å²) in [5.74, 6) is -0.122. The van der Waals surface area contributed by atoms with Crippen molar-refractivity contribution in [3.05, 3.63) is 0 Å². The summed E-state index contributed by atoms with van der Waals surface area (Å²) in [7, 11) is 0. The maximum Gasteiger partial charge on any atom is 0.246 e. The minimum atomic E-state index is -0.793. The van der Waals surface area contributed by atoms with Crippen LogP contribution in [0.1, 0.15) is 40.5 Å². The number of ether oxygens (including phenoxy) is 1. The van der Waals surface area contributed by atoms with Crippen LogP contribution in [-0.2, 0) is 14.3 Å². The maximum atomic E-state index is 12.2. The van der Waals surface area contributed by atoms with Gasteiger partial charge >= 0.3 is 0 Å². The molecule has 2 heterocycles. The van der Waals surface area contributed by atoms with Gasteiger partial charge in [-0.3, -0.25) is 9.59 Å². The monoisotopic (exact) mass is 254 g/mol. The Kier molecular flexibility index (Phi) is 3.36. The molecule has 2 aliphatic heterocycles. The van der Waals surface area contributed by atoms with Crippen molar-refractivity contribution < 1.29 is 14.3 Å². The Morgan fingerprint density at radius 3 is 2.56 bits per heavy atom. The summed E-state index contributed by atoms with van der Waals surface area (Å²) in [4.78, 5) is 25.9. The summed E-state index contributed by atoms with van der Waals surface area (Å²) < 4.78 is 5.75. The number of rotatable bonds is 2. The molecule has 18 heavy (non-hydrogen) atoms. The molecule has 5 nitrogen and oxygen atoms in total. The Balaban J connectivity index is 2.12. The van der Waals surface area contributed by atoms with Crippen molar-refractivity contribution in [2.75, 3.05) is 6.54 Å². The summed E-state index contributed by atoms with van der Waals surface area (Å²) >= 11 is 0. The summed E-state index contributed by atoms with van der Waals surface area (Å²) in [6.07, 6.45) is 2.29. The third kappa shape index (κ3) is 2.23. The van der Waals surface area contributed by atoms with E-state index in [2.05, 4.69) is 5.32 Å². The van der Waals surface area contributed by atoms with E-state index in [1.54, 1.807) is 25.7 Å². The normalized spacial score (nSPS) is 35.8. The van der Waals surface area contributed by atoms with Crippen LogP contribution in [0.5, 0.6) is 0 Å². The summed E-state index contributed by atoms with van der Waals surface area (Å²) in [6, 6.07) is -0.440. The first-order chi connectivity index (χ1) is 8.32. The highest BCUT2D eigenvalue weighted by Gasteiger charge is 2.45. The standard InChI is InChI=1S/C13H22N2O3/c1-8-5-6-10(18-8)7-15-11(16)9(2)14-12(17)13(15,3)4/h8-10H,5-7H2,1-4H3,(H,14,17). The zero-order valence-electron chi connectivity index (χ0n) is 11.5. The molecule has 0 aromatic heterocycles. The van der Waals surface area contributed by atoms with Gasteiger partial charge in [-0.05, 0) is 40.5 Å². The number of piperazine rings is 1. The molecule has 2 rings (SSSR count). The first-order valence-electron chi connectivity index (χ1n) is 6.60. The van der Waals surface area contributed by atoms with Crippen LogP contribution in [0.25, 0.3) is 0 Å². The van der Waals surface area contributed by atoms with Gasteiger partial charge in [-0.2, -0.15) is 0 Å². The van der Waals surface area contributed by atoms with E-state index in [0.29, 0.717) is 6.54 Å². The van der Waals surface area contributed by atoms with Crippen molar-refractivity contribution >= 4 is 11.8 Å². The molecule has 0 radical (unpaired) electrons. The second-order valence-electron chi connectivity index (χ2n) is 5.85. The third-order valence-corrected chi connectivity index (χ3v) is 3.92. The van der Waals surface area contributed by atoms with Gasteiger partial charge in [0.15, 0.2) is 0 Å². The van der Waals surface area contributed by atoms with Crippen molar-refractivity contribution in [3.63, 3.8) is 0 Å². The van der Waals surface area contributed by atoms with E-state index in [-0.39, 0.29) is 24.0 Å². The molecule has 0 spiro atoms. The molecule has 0 aromatic carbocycles. The van der Waals surface area contributed by atoms with Gasteiger partial charge in [0.25, 0.3) is 0 Å². The molecule has 0 aromatic rings. The largest absolute Gasteiger partial charge is 0.373 e. The van der Waals surface area contributed by atoms with Gasteiger partial charge in [0, 0.05) is 6.54 Å². The van der Waals surface area contributed by atoms with E-state index in [4.69, 9.17) is 4.74 Å². The van der Waals surface area contributed by atoms with Crippen molar-refractivity contribution in [1.29, 1.82) is 0 Å². The molecule has 0 bridgehead atoms. The predicted octanol–water partition coefficient (Wildman–Crippen LogP) is 0.679. The molecule has 1 N–H and O–H groups in total. The predicted molar refractivity (Wildman–Crippen MR) is 67.0 cm³/mol. The average Bonchev–Trinajstić information content (AvgIpc) is 2.68. The van der Waals surface area contributed by atoms with Crippen molar-refractivity contribution in [2.45, 2.75) is 64.3 Å². The summed E-state index contributed by atoms with van der Waals surface area (Å²) in [5.41, 5.74) is -0.793. The van der Waals surface area contributed by atoms with Crippen LogP contribution in [0.4, 0.5) is 0 Å². The van der Waals surface area contributed by atoms with Gasteiger partial charge in [-0.25, -0.2) is 0 Å². The van der Waals surface area contributed by atoms with E-state index in [9.17, 15) is 9.59 Å². The topological polar surface area (TPSA) is 58.6 Å². The van der Waals surface area contributed by atoms with Gasteiger partial charge in [0.1, 0.15) is 11.6 Å². The van der Waals surface area contributed by atoms with E-state index < -0.39 is 11.6 Å². The van der Waals surface area contributed by atoms with Crippen LogP contribution < -0.4 is 5.32 Å². The Bertz CT molecular complexity index is 367. The van der Waals surface area contributed by atoms with Gasteiger partial charge in [0.2, 0.25) is 11.8 Å². The fraction of sp³-hybridized carbons (Fsp3) is 0.846. The lowest BCUT2D eigenvalue weighted by atomic mass is 9.95. The first-order valence-corrected chi connectivity index (χ1v) is 6.60. The molecule has 0 aliphatic carbocycles. The van der Waals surface area contributed by atoms with Crippen LogP contribution in [0.3, 0.4) is 0 Å². The molecular formula is C13H22N2O3. The number of nitrogens with zero attached hydrogens (tertiary/aromatic N) is 1. The highest BCUT2D eigenvalue weighted by Crippen LogP contribution is 2.26. The van der Waals surface area contributed by atoms with E-state index >= 15 is 0 Å². The van der Waals surface area contributed by atoms with Crippen LogP contribution in [0.15, 0.2) is 0 Å². The molecule has 3 atom stereocenters. The Labute approximate surface area is 108 Å². The van der Waals surface area contributed by atoms with Crippen LogP contribution in [0.2, 0.25) is 0 Å². The van der Waals surface area contributed by atoms with Crippen molar-refractivity contribution in [2.24, 2.45) is 0 Å². The number of carbonyl (C=O) groups excluding carboxylic acids is 2. The smallest absolute Gasteiger partial charge is 0.246 e. The molecule has 102 valence electrons. The number of carbonyl (C=O) groups is 2. The number of hydrogen-bond acceptors (Lipinski definition) is 3. The fourth-order valence-electron chi connectivity index (χ4n) is 2.61. The Morgan fingerprint density at radius 1 is 1.33 bits per heavy atom. The Morgan fingerprint density at radius 2 is 2.00 bits per heavy atom. The number of hydrogen-bond donors (Lipinski definition) is 1. The van der Waals surface area contributed by atoms with Gasteiger partial charge in [-0.15, -0.1) is 0 Å². The first kappa shape index (κ1) is 13.3. The van der Waals surface area contributed by atoms with Crippen molar-refractivity contribution in [1.82, 2.24) is 10.2 Å². The zero-order valence-corrected chi connectivity index (χ0v) is 11.5. The SMILES string of the molecule is CC1CCC(CN2C(=O)C(C)NC(=O)C2(C)C)O1. The summed E-state index contributed by atoms with van der Waals surface area (Å²) in [6.45, 7) is 7.84. The molecule has 2 saturated heterocycles. The molecule has 5 heteroatoms. The lowest BCUT2D eigenvalue weighted by Crippen LogP contribution is -2.68. The Hall–Kier alpha value is -1.10. The van der Waals surface area contributed by atoms with Gasteiger partial charge < -0.3 is 15.0 Å². The average molecular weight is 254 g/mol. The molecule has 2 aliphatic rings. The van der Waals surface area contributed by atoms with Crippen LogP contribution in [0, 0.1) is 0 Å². The lowest BCUT2D eigenvalue weighted by Gasteiger charge is -2.44. The second-order valence-corrected chi connectivity index (χ2v) is 5.85. The maximum absolute atomic E-state index is 12.2. The van der Waals surface area contributed by atoms with E-state index in [1.165, 1.54) is 0 Å². The van der Waals surface area contributed by atoms with E-state index in [1.807, 2.05) is 6.92 Å². The zero-order chi connectivity index (χ0) is 13.5. The quantitative estimate of drug-likeness (QED) is 0.788. The van der Waals surface area contributed by atoms with Crippen molar-refractivity contribution in [3.8, 4) is 0 Å². The number of nitrogens with one attached hydrogen (secondary N) is 1. The molecule has 2 fully saturated rings.